The van der Waals surface area contributed by atoms with Crippen LogP contribution in [0.25, 0.3) is 0 Å². The number of hydrogen-bond donors (Lipinski definition) is 1. The van der Waals surface area contributed by atoms with Gasteiger partial charge in [-0.05, 0) is 13.1 Å². The monoisotopic (exact) mass is 203 g/mol. The molecule has 0 aromatic rings. The first kappa shape index (κ1) is 13.0. The molecule has 2 nitrogen and oxygen atoms in total. The second kappa shape index (κ2) is 8.60. The van der Waals surface area contributed by atoms with Crippen LogP contribution in [0.3, 0.4) is 0 Å². The van der Waals surface area contributed by atoms with E-state index in [1.165, 1.54) is 0 Å². The van der Waals surface area contributed by atoms with Gasteiger partial charge in [0.2, 0.25) is 0 Å². The van der Waals surface area contributed by atoms with Crippen molar-refractivity contribution in [2.45, 2.75) is 20.0 Å². The van der Waals surface area contributed by atoms with Crippen molar-refractivity contribution >= 4 is 11.8 Å². The van der Waals surface area contributed by atoms with Crippen LogP contribution in [-0.2, 0) is 0 Å². The molecule has 0 unspecified atom stereocenters. The van der Waals surface area contributed by atoms with Crippen LogP contribution >= 0.6 is 11.8 Å². The van der Waals surface area contributed by atoms with Crippen molar-refractivity contribution in [2.75, 3.05) is 31.1 Å². The number of rotatable bonds is 8. The summed E-state index contributed by atoms with van der Waals surface area (Å²) in [4.78, 5) is 2.38. The first-order chi connectivity index (χ1) is 6.24. The van der Waals surface area contributed by atoms with Crippen molar-refractivity contribution in [1.29, 1.82) is 0 Å². The van der Waals surface area contributed by atoms with E-state index in [9.17, 15) is 5.11 Å². The average Bonchev–Trinajstić information content (AvgIpc) is 2.18. The highest BCUT2D eigenvalue weighted by atomic mass is 32.2. The van der Waals surface area contributed by atoms with Gasteiger partial charge in [-0.25, -0.2) is 0 Å². The Kier molecular flexibility index (Phi) is 8.61. The molecule has 0 aliphatic heterocycles. The molecule has 0 fully saturated rings. The highest BCUT2D eigenvalue weighted by Crippen LogP contribution is 2.04. The van der Waals surface area contributed by atoms with E-state index in [-0.39, 0.29) is 6.10 Å². The number of hydrogen-bond acceptors (Lipinski definition) is 3. The van der Waals surface area contributed by atoms with Gasteiger partial charge in [-0.3, -0.25) is 0 Å². The minimum Gasteiger partial charge on any atom is -0.388 e. The summed E-state index contributed by atoms with van der Waals surface area (Å²) in [7, 11) is 0. The predicted molar refractivity (Wildman–Crippen MR) is 61.3 cm³/mol. The fourth-order valence-corrected chi connectivity index (χ4v) is 1.94. The third-order valence-electron chi connectivity index (χ3n) is 2.01. The Bertz CT molecular complexity index is 126. The summed E-state index contributed by atoms with van der Waals surface area (Å²) in [6, 6.07) is 0. The van der Waals surface area contributed by atoms with Gasteiger partial charge in [0.05, 0.1) is 6.10 Å². The average molecular weight is 203 g/mol. The lowest BCUT2D eigenvalue weighted by atomic mass is 10.4. The molecule has 0 aliphatic rings. The van der Waals surface area contributed by atoms with E-state index in [2.05, 4.69) is 25.3 Å². The molecule has 0 amide bonds. The predicted octanol–water partition coefficient (Wildman–Crippen LogP) is 1.61. The van der Waals surface area contributed by atoms with E-state index in [4.69, 9.17) is 0 Å². The largest absolute Gasteiger partial charge is 0.388 e. The van der Waals surface area contributed by atoms with Crippen LogP contribution in [0.2, 0.25) is 0 Å². The number of aliphatic hydroxyl groups is 1. The van der Waals surface area contributed by atoms with E-state index in [0.29, 0.717) is 0 Å². The van der Waals surface area contributed by atoms with E-state index in [1.54, 1.807) is 17.8 Å². The van der Waals surface area contributed by atoms with Crippen LogP contribution in [0.15, 0.2) is 12.7 Å². The summed E-state index contributed by atoms with van der Waals surface area (Å²) in [6.45, 7) is 11.2. The van der Waals surface area contributed by atoms with Gasteiger partial charge >= 0.3 is 0 Å². The van der Waals surface area contributed by atoms with Gasteiger partial charge in [-0.1, -0.05) is 19.9 Å². The number of nitrogens with zero attached hydrogens (tertiary/aromatic N) is 1. The maximum absolute atomic E-state index is 9.19. The molecule has 1 atom stereocenters. The Morgan fingerprint density at radius 3 is 2.54 bits per heavy atom. The molecule has 0 radical (unpaired) electrons. The summed E-state index contributed by atoms with van der Waals surface area (Å²) < 4.78 is 0. The molecule has 3 heteroatoms. The van der Waals surface area contributed by atoms with Crippen molar-refractivity contribution in [3.8, 4) is 0 Å². The van der Waals surface area contributed by atoms with Crippen LogP contribution in [-0.4, -0.2) is 47.3 Å². The minimum absolute atomic E-state index is 0.346. The lowest BCUT2D eigenvalue weighted by Gasteiger charge is -2.17. The third kappa shape index (κ3) is 7.11. The lowest BCUT2D eigenvalue weighted by Crippen LogP contribution is -2.25. The Morgan fingerprint density at radius 1 is 1.46 bits per heavy atom. The molecule has 1 N–H and O–H groups in total. The van der Waals surface area contributed by atoms with Gasteiger partial charge in [0.15, 0.2) is 0 Å². The van der Waals surface area contributed by atoms with Crippen LogP contribution in [0.5, 0.6) is 0 Å². The molecule has 0 aromatic heterocycles. The zero-order valence-corrected chi connectivity index (χ0v) is 9.52. The second-order valence-corrected chi connectivity index (χ2v) is 4.05. The van der Waals surface area contributed by atoms with Crippen LogP contribution in [0.1, 0.15) is 13.8 Å². The maximum Gasteiger partial charge on any atom is 0.0808 e. The number of thioether (sulfide) groups is 1. The van der Waals surface area contributed by atoms with Crippen molar-refractivity contribution in [3.05, 3.63) is 12.7 Å². The highest BCUT2D eigenvalue weighted by Gasteiger charge is 2.00. The maximum atomic E-state index is 9.19. The van der Waals surface area contributed by atoms with Gasteiger partial charge < -0.3 is 10.0 Å². The number of aliphatic hydroxyl groups excluding tert-OH is 1. The molecule has 0 saturated heterocycles. The van der Waals surface area contributed by atoms with Gasteiger partial charge in [0.1, 0.15) is 0 Å². The SMILES string of the molecule is C=C[C@H](O)CSCCN(CC)CC. The Labute approximate surface area is 86.0 Å². The second-order valence-electron chi connectivity index (χ2n) is 2.90. The lowest BCUT2D eigenvalue weighted by molar-refractivity contribution is 0.249. The van der Waals surface area contributed by atoms with Gasteiger partial charge in [0.25, 0.3) is 0 Å². The van der Waals surface area contributed by atoms with Crippen LogP contribution in [0.4, 0.5) is 0 Å². The van der Waals surface area contributed by atoms with Gasteiger partial charge in [-0.15, -0.1) is 6.58 Å². The first-order valence-corrected chi connectivity index (χ1v) is 6.00. The molecule has 0 heterocycles. The molecule has 0 aromatic carbocycles. The summed E-state index contributed by atoms with van der Waals surface area (Å²) in [5, 5.41) is 9.19. The molecule has 0 saturated carbocycles. The Hall–Kier alpha value is 0.01000. The summed E-state index contributed by atoms with van der Waals surface area (Å²) in [5.74, 6) is 1.86. The summed E-state index contributed by atoms with van der Waals surface area (Å²) in [6.07, 6.45) is 1.24. The molecule has 0 aliphatic carbocycles. The van der Waals surface area contributed by atoms with Gasteiger partial charge in [-0.2, -0.15) is 11.8 Å². The van der Waals surface area contributed by atoms with E-state index in [1.807, 2.05) is 0 Å². The molecular weight excluding hydrogens is 182 g/mol. The van der Waals surface area contributed by atoms with E-state index < -0.39 is 0 Å². The Morgan fingerprint density at radius 2 is 2.08 bits per heavy atom. The Balaban J connectivity index is 3.28. The van der Waals surface area contributed by atoms with Crippen molar-refractivity contribution in [1.82, 2.24) is 4.90 Å². The summed E-state index contributed by atoms with van der Waals surface area (Å²) >= 11 is 1.78. The van der Waals surface area contributed by atoms with Crippen molar-refractivity contribution < 1.29 is 5.11 Å². The first-order valence-electron chi connectivity index (χ1n) is 4.85. The van der Waals surface area contributed by atoms with Crippen LogP contribution in [0, 0.1) is 0 Å². The van der Waals surface area contributed by atoms with Gasteiger partial charge in [0, 0.05) is 18.1 Å². The summed E-state index contributed by atoms with van der Waals surface area (Å²) in [5.41, 5.74) is 0. The molecule has 0 bridgehead atoms. The molecular formula is C10H21NOS. The smallest absolute Gasteiger partial charge is 0.0808 e. The minimum atomic E-state index is -0.346. The standard InChI is InChI=1S/C10H21NOS/c1-4-10(12)9-13-8-7-11(5-2)6-3/h4,10,12H,1,5-9H2,2-3H3/t10-/m0/s1. The molecule has 0 spiro atoms. The van der Waals surface area contributed by atoms with Crippen molar-refractivity contribution in [3.63, 3.8) is 0 Å². The topological polar surface area (TPSA) is 23.5 Å². The quantitative estimate of drug-likeness (QED) is 0.479. The van der Waals surface area contributed by atoms with E-state index in [0.717, 1.165) is 31.1 Å². The molecule has 0 rings (SSSR count). The molecule has 78 valence electrons. The zero-order chi connectivity index (χ0) is 10.1. The normalized spacial score (nSPS) is 13.2. The molecule has 13 heavy (non-hydrogen) atoms. The third-order valence-corrected chi connectivity index (χ3v) is 3.06. The fraction of sp³-hybridized carbons (Fsp3) is 0.800. The van der Waals surface area contributed by atoms with Crippen LogP contribution < -0.4 is 0 Å². The van der Waals surface area contributed by atoms with Crippen molar-refractivity contribution in [2.24, 2.45) is 0 Å². The highest BCUT2D eigenvalue weighted by molar-refractivity contribution is 7.99. The fourth-order valence-electron chi connectivity index (χ4n) is 1.01. The van der Waals surface area contributed by atoms with E-state index >= 15 is 0 Å². The zero-order valence-electron chi connectivity index (χ0n) is 8.70.